The fraction of sp³-hybridized carbons (Fsp3) is 0.214. The zero-order valence-corrected chi connectivity index (χ0v) is 10.6. The average molecular weight is 246 g/mol. The molecule has 1 aromatic rings. The Morgan fingerprint density at radius 1 is 1.39 bits per heavy atom. The second-order valence-corrected chi connectivity index (χ2v) is 3.71. The van der Waals surface area contributed by atoms with Gasteiger partial charge in [-0.15, -0.1) is 13.2 Å². The summed E-state index contributed by atoms with van der Waals surface area (Å²) >= 11 is 0. The first-order valence-electron chi connectivity index (χ1n) is 5.59. The number of methoxy groups -OCH3 is 1. The first-order valence-corrected chi connectivity index (χ1v) is 5.59. The smallest absolute Gasteiger partial charge is 0.256 e. The number of nitrogen functional groups attached to an aromatic ring is 1. The number of nitrogens with zero attached hydrogens (tertiary/aromatic N) is 1. The molecule has 1 rings (SSSR count). The molecule has 96 valence electrons. The normalized spacial score (nSPS) is 9.61. The lowest BCUT2D eigenvalue weighted by molar-refractivity contribution is 0.0791. The molecule has 0 radical (unpaired) electrons. The van der Waals surface area contributed by atoms with Crippen LogP contribution in [0.15, 0.2) is 43.5 Å². The topological polar surface area (TPSA) is 55.6 Å². The van der Waals surface area contributed by atoms with Crippen molar-refractivity contribution in [3.05, 3.63) is 49.1 Å². The average Bonchev–Trinajstić information content (AvgIpc) is 2.38. The van der Waals surface area contributed by atoms with E-state index in [9.17, 15) is 4.79 Å². The monoisotopic (exact) mass is 246 g/mol. The highest BCUT2D eigenvalue weighted by atomic mass is 16.5. The van der Waals surface area contributed by atoms with Crippen molar-refractivity contribution < 1.29 is 9.53 Å². The van der Waals surface area contributed by atoms with Crippen LogP contribution in [0, 0.1) is 0 Å². The molecule has 2 N–H and O–H groups in total. The molecule has 0 heterocycles. The largest absolute Gasteiger partial charge is 0.495 e. The summed E-state index contributed by atoms with van der Waals surface area (Å²) < 4.78 is 5.10. The number of carbonyl (C=O) groups excluding carboxylic acids is 1. The van der Waals surface area contributed by atoms with Gasteiger partial charge in [0.1, 0.15) is 5.75 Å². The van der Waals surface area contributed by atoms with Gasteiger partial charge in [-0.2, -0.15) is 0 Å². The van der Waals surface area contributed by atoms with E-state index in [2.05, 4.69) is 13.2 Å². The predicted molar refractivity (Wildman–Crippen MR) is 73.7 cm³/mol. The Labute approximate surface area is 107 Å². The van der Waals surface area contributed by atoms with Crippen LogP contribution in [0.25, 0.3) is 0 Å². The first-order chi connectivity index (χ1) is 8.65. The van der Waals surface area contributed by atoms with Crippen molar-refractivity contribution in [1.29, 1.82) is 0 Å². The number of nitrogens with two attached hydrogens (primary N) is 1. The minimum absolute atomic E-state index is 0.161. The maximum Gasteiger partial charge on any atom is 0.256 e. The third-order valence-corrected chi connectivity index (χ3v) is 2.50. The van der Waals surface area contributed by atoms with Gasteiger partial charge in [0.15, 0.2) is 0 Å². The molecular formula is C14H18N2O2. The highest BCUT2D eigenvalue weighted by Gasteiger charge is 2.17. The maximum absolute atomic E-state index is 12.3. The number of anilines is 1. The van der Waals surface area contributed by atoms with Crippen LogP contribution in [0.5, 0.6) is 5.75 Å². The Morgan fingerprint density at radius 2 is 2.00 bits per heavy atom. The molecule has 0 aliphatic heterocycles. The lowest BCUT2D eigenvalue weighted by atomic mass is 10.1. The van der Waals surface area contributed by atoms with Crippen molar-refractivity contribution in [3.8, 4) is 5.75 Å². The van der Waals surface area contributed by atoms with E-state index in [1.54, 1.807) is 35.3 Å². The summed E-state index contributed by atoms with van der Waals surface area (Å²) in [6, 6.07) is 5.14. The molecule has 18 heavy (non-hydrogen) atoms. The zero-order valence-electron chi connectivity index (χ0n) is 10.6. The second-order valence-electron chi connectivity index (χ2n) is 3.71. The SMILES string of the molecule is C=CCN(CC=C)C(=O)c1cccc(OC)c1N. The van der Waals surface area contributed by atoms with Gasteiger partial charge in [0.2, 0.25) is 0 Å². The Morgan fingerprint density at radius 3 is 2.50 bits per heavy atom. The molecule has 4 nitrogen and oxygen atoms in total. The zero-order chi connectivity index (χ0) is 13.5. The molecule has 0 aliphatic rings. The molecule has 0 saturated carbocycles. The summed E-state index contributed by atoms with van der Waals surface area (Å²) in [5, 5.41) is 0. The van der Waals surface area contributed by atoms with E-state index in [0.717, 1.165) is 0 Å². The summed E-state index contributed by atoms with van der Waals surface area (Å²) in [5.74, 6) is 0.337. The number of hydrogen-bond donors (Lipinski definition) is 1. The molecule has 0 aromatic heterocycles. The van der Waals surface area contributed by atoms with E-state index in [4.69, 9.17) is 10.5 Å². The highest BCUT2D eigenvalue weighted by Crippen LogP contribution is 2.25. The number of rotatable bonds is 6. The van der Waals surface area contributed by atoms with Gasteiger partial charge in [-0.25, -0.2) is 0 Å². The molecule has 0 aliphatic carbocycles. The van der Waals surface area contributed by atoms with Crippen molar-refractivity contribution in [1.82, 2.24) is 4.90 Å². The minimum Gasteiger partial charge on any atom is -0.495 e. The quantitative estimate of drug-likeness (QED) is 0.617. The van der Waals surface area contributed by atoms with Gasteiger partial charge >= 0.3 is 0 Å². The highest BCUT2D eigenvalue weighted by molar-refractivity contribution is 6.00. The van der Waals surface area contributed by atoms with Gasteiger partial charge in [-0.05, 0) is 12.1 Å². The van der Waals surface area contributed by atoms with Crippen molar-refractivity contribution in [2.45, 2.75) is 0 Å². The molecule has 0 bridgehead atoms. The molecular weight excluding hydrogens is 228 g/mol. The van der Waals surface area contributed by atoms with Crippen LogP contribution in [0.3, 0.4) is 0 Å². The van der Waals surface area contributed by atoms with E-state index in [-0.39, 0.29) is 5.91 Å². The van der Waals surface area contributed by atoms with E-state index in [1.807, 2.05) is 0 Å². The summed E-state index contributed by atoms with van der Waals surface area (Å²) in [6.45, 7) is 8.15. The van der Waals surface area contributed by atoms with Gasteiger partial charge < -0.3 is 15.4 Å². The Hall–Kier alpha value is -2.23. The van der Waals surface area contributed by atoms with Crippen LogP contribution in [0.1, 0.15) is 10.4 Å². The second kappa shape index (κ2) is 6.49. The van der Waals surface area contributed by atoms with E-state index in [1.165, 1.54) is 7.11 Å². The number of amides is 1. The Balaban J connectivity index is 3.07. The molecule has 0 spiro atoms. The fourth-order valence-corrected chi connectivity index (χ4v) is 1.63. The van der Waals surface area contributed by atoms with E-state index >= 15 is 0 Å². The Kier molecular flexibility index (Phi) is 4.99. The van der Waals surface area contributed by atoms with E-state index in [0.29, 0.717) is 30.1 Å². The van der Waals surface area contributed by atoms with Crippen molar-refractivity contribution in [2.75, 3.05) is 25.9 Å². The molecule has 0 unspecified atom stereocenters. The molecule has 1 aromatic carbocycles. The van der Waals surface area contributed by atoms with Gasteiger partial charge in [0.25, 0.3) is 5.91 Å². The Bertz CT molecular complexity index is 445. The van der Waals surface area contributed by atoms with Crippen molar-refractivity contribution >= 4 is 11.6 Å². The maximum atomic E-state index is 12.3. The number of carbonyl (C=O) groups is 1. The van der Waals surface area contributed by atoms with Crippen LogP contribution in [-0.4, -0.2) is 31.0 Å². The summed E-state index contributed by atoms with van der Waals surface area (Å²) in [5.41, 5.74) is 6.68. The van der Waals surface area contributed by atoms with Crippen molar-refractivity contribution in [2.24, 2.45) is 0 Å². The van der Waals surface area contributed by atoms with E-state index < -0.39 is 0 Å². The van der Waals surface area contributed by atoms with Crippen molar-refractivity contribution in [3.63, 3.8) is 0 Å². The van der Waals surface area contributed by atoms with Crippen LogP contribution in [-0.2, 0) is 0 Å². The molecule has 1 amide bonds. The van der Waals surface area contributed by atoms with Crippen LogP contribution in [0.2, 0.25) is 0 Å². The number of ether oxygens (including phenoxy) is 1. The lowest BCUT2D eigenvalue weighted by Gasteiger charge is -2.20. The minimum atomic E-state index is -0.161. The summed E-state index contributed by atoms with van der Waals surface area (Å²) in [7, 11) is 1.52. The standard InChI is InChI=1S/C14H18N2O2/c1-4-9-16(10-5-2)14(17)11-7-6-8-12(18-3)13(11)15/h4-8H,1-2,9-10,15H2,3H3. The van der Waals surface area contributed by atoms with Gasteiger partial charge in [-0.1, -0.05) is 18.2 Å². The van der Waals surface area contributed by atoms with Gasteiger partial charge in [0, 0.05) is 13.1 Å². The summed E-state index contributed by atoms with van der Waals surface area (Å²) in [6.07, 6.45) is 3.33. The number of para-hydroxylation sites is 1. The van der Waals surface area contributed by atoms with Crippen LogP contribution >= 0.6 is 0 Å². The third-order valence-electron chi connectivity index (χ3n) is 2.50. The third kappa shape index (κ3) is 2.91. The van der Waals surface area contributed by atoms with Gasteiger partial charge in [-0.3, -0.25) is 4.79 Å². The molecule has 0 saturated heterocycles. The number of benzene rings is 1. The molecule has 4 heteroatoms. The lowest BCUT2D eigenvalue weighted by Crippen LogP contribution is -2.31. The van der Waals surface area contributed by atoms with Crippen LogP contribution in [0.4, 0.5) is 5.69 Å². The molecule has 0 atom stereocenters. The number of hydrogen-bond acceptors (Lipinski definition) is 3. The molecule has 0 fully saturated rings. The first kappa shape index (κ1) is 13.8. The fourth-order valence-electron chi connectivity index (χ4n) is 1.63. The van der Waals surface area contributed by atoms with Gasteiger partial charge in [0.05, 0.1) is 18.4 Å². The summed E-state index contributed by atoms with van der Waals surface area (Å²) in [4.78, 5) is 13.9. The predicted octanol–water partition coefficient (Wildman–Crippen LogP) is 2.09. The van der Waals surface area contributed by atoms with Crippen LogP contribution < -0.4 is 10.5 Å².